The summed E-state index contributed by atoms with van der Waals surface area (Å²) in [4.78, 5) is 14.5. The van der Waals surface area contributed by atoms with E-state index in [9.17, 15) is 10.1 Å². The van der Waals surface area contributed by atoms with E-state index in [2.05, 4.69) is 15.4 Å². The van der Waals surface area contributed by atoms with Gasteiger partial charge in [0.05, 0.1) is 18.6 Å². The van der Waals surface area contributed by atoms with E-state index >= 15 is 0 Å². The molecule has 1 aromatic heterocycles. The second-order valence-electron chi connectivity index (χ2n) is 5.41. The van der Waals surface area contributed by atoms with E-state index < -0.39 is 4.92 Å². The van der Waals surface area contributed by atoms with Gasteiger partial charge in [-0.2, -0.15) is 5.10 Å². The summed E-state index contributed by atoms with van der Waals surface area (Å²) in [6.07, 6.45) is 3.17. The van der Waals surface area contributed by atoms with Gasteiger partial charge in [-0.3, -0.25) is 10.1 Å². The highest BCUT2D eigenvalue weighted by Gasteiger charge is 2.14. The minimum absolute atomic E-state index is 0.0371. The zero-order chi connectivity index (χ0) is 17.6. The zero-order valence-corrected chi connectivity index (χ0v) is 13.6. The molecule has 1 heterocycles. The SMILES string of the molecule is COc1ccc(CNc2ccc(Cn3cncn3)cc2)cc1[N+](=O)[O-]. The molecule has 128 valence electrons. The van der Waals surface area contributed by atoms with Gasteiger partial charge in [-0.25, -0.2) is 9.67 Å². The molecule has 0 saturated carbocycles. The first kappa shape index (κ1) is 16.4. The number of hydrogen-bond acceptors (Lipinski definition) is 6. The predicted octanol–water partition coefficient (Wildman–Crippen LogP) is 2.86. The fourth-order valence-electron chi connectivity index (χ4n) is 2.42. The van der Waals surface area contributed by atoms with Crippen LogP contribution in [0.4, 0.5) is 11.4 Å². The molecule has 0 fully saturated rings. The molecule has 0 radical (unpaired) electrons. The van der Waals surface area contributed by atoms with Crippen LogP contribution in [-0.4, -0.2) is 26.8 Å². The van der Waals surface area contributed by atoms with Crippen molar-refractivity contribution in [2.45, 2.75) is 13.1 Å². The lowest BCUT2D eigenvalue weighted by molar-refractivity contribution is -0.385. The Bertz CT molecular complexity index is 847. The first-order valence-electron chi connectivity index (χ1n) is 7.62. The maximum Gasteiger partial charge on any atom is 0.311 e. The molecule has 0 spiro atoms. The van der Waals surface area contributed by atoms with Crippen LogP contribution in [0.3, 0.4) is 0 Å². The smallest absolute Gasteiger partial charge is 0.311 e. The maximum absolute atomic E-state index is 11.1. The minimum Gasteiger partial charge on any atom is -0.490 e. The molecule has 2 aromatic carbocycles. The number of nitro groups is 1. The Morgan fingerprint density at radius 3 is 2.60 bits per heavy atom. The van der Waals surface area contributed by atoms with Crippen molar-refractivity contribution in [2.24, 2.45) is 0 Å². The number of nitrogens with one attached hydrogen (secondary N) is 1. The second-order valence-corrected chi connectivity index (χ2v) is 5.41. The summed E-state index contributed by atoms with van der Waals surface area (Å²) in [5.41, 5.74) is 2.81. The van der Waals surface area contributed by atoms with Crippen LogP contribution in [-0.2, 0) is 13.1 Å². The Labute approximate surface area is 144 Å². The van der Waals surface area contributed by atoms with Crippen molar-refractivity contribution < 1.29 is 9.66 Å². The van der Waals surface area contributed by atoms with Gasteiger partial charge in [-0.15, -0.1) is 0 Å². The van der Waals surface area contributed by atoms with Gasteiger partial charge in [0.2, 0.25) is 0 Å². The molecule has 0 saturated heterocycles. The predicted molar refractivity (Wildman–Crippen MR) is 92.5 cm³/mol. The minimum atomic E-state index is -0.443. The van der Waals surface area contributed by atoms with Gasteiger partial charge in [0.1, 0.15) is 12.7 Å². The quantitative estimate of drug-likeness (QED) is 0.525. The molecule has 3 aromatic rings. The van der Waals surface area contributed by atoms with Gasteiger partial charge in [0, 0.05) is 18.3 Å². The largest absolute Gasteiger partial charge is 0.490 e. The lowest BCUT2D eigenvalue weighted by Gasteiger charge is -2.09. The highest BCUT2D eigenvalue weighted by atomic mass is 16.6. The molecule has 0 atom stereocenters. The number of nitro benzene ring substituents is 1. The van der Waals surface area contributed by atoms with E-state index in [4.69, 9.17) is 4.74 Å². The Balaban J connectivity index is 1.63. The van der Waals surface area contributed by atoms with Gasteiger partial charge < -0.3 is 10.1 Å². The second kappa shape index (κ2) is 7.43. The summed E-state index contributed by atoms with van der Waals surface area (Å²) in [7, 11) is 1.42. The van der Waals surface area contributed by atoms with Crippen LogP contribution in [0.1, 0.15) is 11.1 Å². The lowest BCUT2D eigenvalue weighted by atomic mass is 10.1. The molecule has 0 amide bonds. The number of benzene rings is 2. The highest BCUT2D eigenvalue weighted by Crippen LogP contribution is 2.27. The fourth-order valence-corrected chi connectivity index (χ4v) is 2.42. The molecule has 0 aliphatic heterocycles. The highest BCUT2D eigenvalue weighted by molar-refractivity contribution is 5.50. The summed E-state index contributed by atoms with van der Waals surface area (Å²) < 4.78 is 6.76. The average molecular weight is 339 g/mol. The number of rotatable bonds is 7. The summed E-state index contributed by atoms with van der Waals surface area (Å²) in [5, 5.41) is 18.4. The maximum atomic E-state index is 11.1. The Morgan fingerprint density at radius 1 is 1.20 bits per heavy atom. The Kier molecular flexibility index (Phi) is 4.89. The molecule has 8 heteroatoms. The Hall–Kier alpha value is -3.42. The zero-order valence-electron chi connectivity index (χ0n) is 13.6. The van der Waals surface area contributed by atoms with Crippen LogP contribution in [0.25, 0.3) is 0 Å². The van der Waals surface area contributed by atoms with Crippen molar-refractivity contribution in [1.82, 2.24) is 14.8 Å². The number of aromatic nitrogens is 3. The van der Waals surface area contributed by atoms with Crippen LogP contribution in [0.2, 0.25) is 0 Å². The van der Waals surface area contributed by atoms with Crippen molar-refractivity contribution >= 4 is 11.4 Å². The van der Waals surface area contributed by atoms with E-state index in [0.717, 1.165) is 16.8 Å². The molecular formula is C17H17N5O3. The average Bonchev–Trinajstić information content (AvgIpc) is 3.14. The number of hydrogen-bond donors (Lipinski definition) is 1. The van der Waals surface area contributed by atoms with Gasteiger partial charge in [0.25, 0.3) is 0 Å². The topological polar surface area (TPSA) is 95.1 Å². The van der Waals surface area contributed by atoms with Crippen molar-refractivity contribution in [3.8, 4) is 5.75 Å². The monoisotopic (exact) mass is 339 g/mol. The van der Waals surface area contributed by atoms with Crippen LogP contribution < -0.4 is 10.1 Å². The summed E-state index contributed by atoms with van der Waals surface area (Å²) in [6, 6.07) is 12.9. The standard InChI is InChI=1S/C17H17N5O3/c1-25-17-7-4-14(8-16(17)22(23)24)9-19-15-5-2-13(3-6-15)10-21-12-18-11-20-21/h2-8,11-12,19H,9-10H2,1H3. The van der Waals surface area contributed by atoms with E-state index in [-0.39, 0.29) is 11.4 Å². The van der Waals surface area contributed by atoms with Crippen molar-refractivity contribution in [3.05, 3.63) is 76.4 Å². The van der Waals surface area contributed by atoms with E-state index in [1.165, 1.54) is 19.5 Å². The molecular weight excluding hydrogens is 322 g/mol. The molecule has 0 aliphatic rings. The normalized spacial score (nSPS) is 10.4. The molecule has 8 nitrogen and oxygen atoms in total. The number of nitrogens with zero attached hydrogens (tertiary/aromatic N) is 4. The molecule has 1 N–H and O–H groups in total. The third kappa shape index (κ3) is 4.11. The summed E-state index contributed by atoms with van der Waals surface area (Å²) in [6.45, 7) is 1.14. The van der Waals surface area contributed by atoms with Crippen LogP contribution in [0.15, 0.2) is 55.1 Å². The van der Waals surface area contributed by atoms with Crippen molar-refractivity contribution in [3.63, 3.8) is 0 Å². The molecule has 3 rings (SSSR count). The number of anilines is 1. The third-order valence-corrected chi connectivity index (χ3v) is 3.70. The van der Waals surface area contributed by atoms with Crippen LogP contribution in [0, 0.1) is 10.1 Å². The van der Waals surface area contributed by atoms with E-state index in [1.807, 2.05) is 24.3 Å². The summed E-state index contributed by atoms with van der Waals surface area (Å²) >= 11 is 0. The van der Waals surface area contributed by atoms with Crippen LogP contribution in [0.5, 0.6) is 5.75 Å². The van der Waals surface area contributed by atoms with E-state index in [1.54, 1.807) is 23.1 Å². The number of methoxy groups -OCH3 is 1. The van der Waals surface area contributed by atoms with E-state index in [0.29, 0.717) is 13.1 Å². The Morgan fingerprint density at radius 2 is 1.96 bits per heavy atom. The van der Waals surface area contributed by atoms with Gasteiger partial charge in [-0.05, 0) is 29.3 Å². The third-order valence-electron chi connectivity index (χ3n) is 3.70. The first-order chi connectivity index (χ1) is 12.2. The molecule has 0 aliphatic carbocycles. The van der Waals surface area contributed by atoms with Gasteiger partial charge in [0.15, 0.2) is 5.75 Å². The molecule has 25 heavy (non-hydrogen) atoms. The van der Waals surface area contributed by atoms with Crippen molar-refractivity contribution in [1.29, 1.82) is 0 Å². The lowest BCUT2D eigenvalue weighted by Crippen LogP contribution is -2.02. The summed E-state index contributed by atoms with van der Waals surface area (Å²) in [5.74, 6) is 0.256. The molecule has 0 bridgehead atoms. The fraction of sp³-hybridized carbons (Fsp3) is 0.176. The van der Waals surface area contributed by atoms with Crippen LogP contribution >= 0.6 is 0 Å². The van der Waals surface area contributed by atoms with Crippen molar-refractivity contribution in [2.75, 3.05) is 12.4 Å². The van der Waals surface area contributed by atoms with Gasteiger partial charge >= 0.3 is 5.69 Å². The van der Waals surface area contributed by atoms with Gasteiger partial charge in [-0.1, -0.05) is 18.2 Å². The molecule has 0 unspecified atom stereocenters. The number of ether oxygens (including phenoxy) is 1. The first-order valence-corrected chi connectivity index (χ1v) is 7.62.